The van der Waals surface area contributed by atoms with Crippen molar-refractivity contribution in [1.82, 2.24) is 14.7 Å². The van der Waals surface area contributed by atoms with Gasteiger partial charge in [-0.25, -0.2) is 23.1 Å². The third-order valence-electron chi connectivity index (χ3n) is 6.44. The van der Waals surface area contributed by atoms with E-state index in [1.165, 1.54) is 7.11 Å². The number of hydrogen-bond acceptors (Lipinski definition) is 7. The second kappa shape index (κ2) is 8.32. The molecule has 1 saturated carbocycles. The topological polar surface area (TPSA) is 111 Å². The Morgan fingerprint density at radius 3 is 2.41 bits per heavy atom. The summed E-state index contributed by atoms with van der Waals surface area (Å²) in [5.41, 5.74) is 2.83. The number of amides is 1. The highest BCUT2D eigenvalue weighted by molar-refractivity contribution is 7.89. The Morgan fingerprint density at radius 2 is 1.69 bits per heavy atom. The molecular formula is C22H26N4O5S. The molecule has 2 aromatic rings. The van der Waals surface area contributed by atoms with Crippen LogP contribution in [0.1, 0.15) is 43.2 Å². The Hall–Kier alpha value is -2.72. The van der Waals surface area contributed by atoms with Crippen LogP contribution in [0.15, 0.2) is 29.4 Å². The fourth-order valence-electron chi connectivity index (χ4n) is 4.86. The molecule has 1 N–H and O–H groups in total. The molecule has 0 spiro atoms. The van der Waals surface area contributed by atoms with Gasteiger partial charge in [-0.2, -0.15) is 0 Å². The van der Waals surface area contributed by atoms with Gasteiger partial charge in [0.15, 0.2) is 0 Å². The van der Waals surface area contributed by atoms with Crippen molar-refractivity contribution in [3.05, 3.63) is 35.7 Å². The molecule has 3 aliphatic rings. The van der Waals surface area contributed by atoms with Crippen molar-refractivity contribution in [2.24, 2.45) is 0 Å². The molecule has 0 radical (unpaired) electrons. The first-order chi connectivity index (χ1) is 15.4. The van der Waals surface area contributed by atoms with E-state index in [2.05, 4.69) is 14.7 Å². The van der Waals surface area contributed by atoms with Gasteiger partial charge in [0.25, 0.3) is 11.8 Å². The number of sulfonamides is 1. The van der Waals surface area contributed by atoms with Crippen molar-refractivity contribution < 1.29 is 22.7 Å². The molecule has 9 nitrogen and oxygen atoms in total. The van der Waals surface area contributed by atoms with Crippen molar-refractivity contribution >= 4 is 21.6 Å². The van der Waals surface area contributed by atoms with Crippen molar-refractivity contribution in [3.63, 3.8) is 0 Å². The summed E-state index contributed by atoms with van der Waals surface area (Å²) in [6.45, 7) is 0.638. The van der Waals surface area contributed by atoms with E-state index in [-0.39, 0.29) is 18.1 Å². The fraction of sp³-hybridized carbons (Fsp3) is 0.500. The molecule has 0 atom stereocenters. The van der Waals surface area contributed by atoms with Crippen molar-refractivity contribution in [2.75, 3.05) is 18.6 Å². The van der Waals surface area contributed by atoms with Crippen molar-refractivity contribution in [1.29, 1.82) is 0 Å². The number of nitrogens with one attached hydrogen (secondary N) is 1. The van der Waals surface area contributed by atoms with Gasteiger partial charge in [0.05, 0.1) is 17.7 Å². The van der Waals surface area contributed by atoms with Gasteiger partial charge in [0.2, 0.25) is 15.9 Å². The van der Waals surface area contributed by atoms with Crippen LogP contribution in [0.3, 0.4) is 0 Å². The Kier molecular flexibility index (Phi) is 5.50. The molecule has 1 aromatic carbocycles. The minimum absolute atomic E-state index is 0.0608. The van der Waals surface area contributed by atoms with E-state index in [4.69, 9.17) is 9.47 Å². The summed E-state index contributed by atoms with van der Waals surface area (Å²) >= 11 is 0. The van der Waals surface area contributed by atoms with E-state index in [9.17, 15) is 13.2 Å². The lowest BCUT2D eigenvalue weighted by atomic mass is 9.94. The van der Waals surface area contributed by atoms with Gasteiger partial charge in [-0.15, -0.1) is 0 Å². The Bertz CT molecular complexity index is 1150. The zero-order valence-electron chi connectivity index (χ0n) is 17.9. The standard InChI is InChI=1S/C22H26N4O5S/c1-30-21-22(24-10-9-23-21)31-17-5-3-16(4-6-17)25-32(28,29)18-12-14-2-7-19(27)26-11-8-15(13-18)20(14)26/h9-10,12-13,16-17,25H,2-8,11H2,1H3. The maximum atomic E-state index is 13.1. The monoisotopic (exact) mass is 458 g/mol. The van der Waals surface area contributed by atoms with Crippen LogP contribution in [0.4, 0.5) is 5.69 Å². The Morgan fingerprint density at radius 1 is 1.00 bits per heavy atom. The van der Waals surface area contributed by atoms with Crippen LogP contribution < -0.4 is 19.1 Å². The number of anilines is 1. The predicted molar refractivity (Wildman–Crippen MR) is 116 cm³/mol. The van der Waals surface area contributed by atoms with E-state index in [1.807, 2.05) is 0 Å². The maximum absolute atomic E-state index is 13.1. The molecule has 1 aliphatic carbocycles. The molecule has 3 heterocycles. The average Bonchev–Trinajstić information content (AvgIpc) is 3.23. The van der Waals surface area contributed by atoms with E-state index >= 15 is 0 Å². The summed E-state index contributed by atoms with van der Waals surface area (Å²) in [6, 6.07) is 3.32. The number of aryl methyl sites for hydroxylation is 1. The zero-order chi connectivity index (χ0) is 22.3. The molecule has 32 heavy (non-hydrogen) atoms. The molecule has 1 aromatic heterocycles. The van der Waals surface area contributed by atoms with Crippen LogP contribution in [0.2, 0.25) is 0 Å². The summed E-state index contributed by atoms with van der Waals surface area (Å²) < 4.78 is 40.3. The SMILES string of the molecule is COc1nccnc1OC1CCC(NS(=O)(=O)c2cc3c4c(c2)CCN4C(=O)CC3)CC1. The first-order valence-corrected chi connectivity index (χ1v) is 12.4. The molecule has 1 fully saturated rings. The third-order valence-corrected chi connectivity index (χ3v) is 7.94. The highest BCUT2D eigenvalue weighted by Crippen LogP contribution is 2.38. The molecule has 0 saturated heterocycles. The largest absolute Gasteiger partial charge is 0.477 e. The number of nitrogens with zero attached hydrogens (tertiary/aromatic N) is 3. The van der Waals surface area contributed by atoms with E-state index in [0.29, 0.717) is 68.1 Å². The van der Waals surface area contributed by atoms with Gasteiger partial charge in [0.1, 0.15) is 6.10 Å². The number of carbonyl (C=O) groups is 1. The molecule has 2 aliphatic heterocycles. The number of benzene rings is 1. The van der Waals surface area contributed by atoms with Crippen LogP contribution in [-0.4, -0.2) is 50.1 Å². The fourth-order valence-corrected chi connectivity index (χ4v) is 6.26. The molecular weight excluding hydrogens is 432 g/mol. The van der Waals surface area contributed by atoms with Crippen LogP contribution in [0.5, 0.6) is 11.8 Å². The van der Waals surface area contributed by atoms with Gasteiger partial charge >= 0.3 is 0 Å². The predicted octanol–water partition coefficient (Wildman–Crippen LogP) is 1.99. The molecule has 1 amide bonds. The molecule has 0 unspecified atom stereocenters. The number of hydrogen-bond donors (Lipinski definition) is 1. The van der Waals surface area contributed by atoms with Crippen molar-refractivity contribution in [3.8, 4) is 11.8 Å². The van der Waals surface area contributed by atoms with Crippen LogP contribution in [0, 0.1) is 0 Å². The minimum Gasteiger partial charge on any atom is -0.477 e. The summed E-state index contributed by atoms with van der Waals surface area (Å²) in [7, 11) is -2.13. The summed E-state index contributed by atoms with van der Waals surface area (Å²) in [4.78, 5) is 22.5. The quantitative estimate of drug-likeness (QED) is 0.705. The first-order valence-electron chi connectivity index (χ1n) is 10.9. The van der Waals surface area contributed by atoms with Gasteiger partial charge in [-0.1, -0.05) is 0 Å². The summed E-state index contributed by atoms with van der Waals surface area (Å²) in [6.07, 6.45) is 7.52. The number of rotatable bonds is 6. The lowest BCUT2D eigenvalue weighted by molar-refractivity contribution is -0.118. The Labute approximate surface area is 187 Å². The number of carbonyl (C=O) groups excluding carboxylic acids is 1. The van der Waals surface area contributed by atoms with Crippen LogP contribution in [-0.2, 0) is 27.7 Å². The van der Waals surface area contributed by atoms with E-state index < -0.39 is 10.0 Å². The molecule has 170 valence electrons. The lowest BCUT2D eigenvalue weighted by Crippen LogP contribution is -2.40. The lowest BCUT2D eigenvalue weighted by Gasteiger charge is -2.29. The molecule has 10 heteroatoms. The zero-order valence-corrected chi connectivity index (χ0v) is 18.7. The highest BCUT2D eigenvalue weighted by atomic mass is 32.2. The second-order valence-corrected chi connectivity index (χ2v) is 10.2. The first kappa shape index (κ1) is 21.1. The smallest absolute Gasteiger partial charge is 0.278 e. The second-order valence-electron chi connectivity index (χ2n) is 8.47. The van der Waals surface area contributed by atoms with E-state index in [0.717, 1.165) is 16.8 Å². The van der Waals surface area contributed by atoms with Crippen LogP contribution in [0.25, 0.3) is 0 Å². The maximum Gasteiger partial charge on any atom is 0.278 e. The Balaban J connectivity index is 1.24. The highest BCUT2D eigenvalue weighted by Gasteiger charge is 2.34. The van der Waals surface area contributed by atoms with Gasteiger partial charge in [-0.05, 0) is 61.8 Å². The van der Waals surface area contributed by atoms with Crippen LogP contribution >= 0.6 is 0 Å². The molecule has 5 rings (SSSR count). The van der Waals surface area contributed by atoms with Gasteiger partial charge in [0, 0.05) is 31.4 Å². The number of ether oxygens (including phenoxy) is 2. The van der Waals surface area contributed by atoms with Crippen molar-refractivity contribution in [2.45, 2.75) is 62.0 Å². The number of methoxy groups -OCH3 is 1. The van der Waals surface area contributed by atoms with E-state index in [1.54, 1.807) is 29.4 Å². The average molecular weight is 459 g/mol. The molecule has 0 bridgehead atoms. The normalized spacial score (nSPS) is 22.5. The third kappa shape index (κ3) is 3.93. The summed E-state index contributed by atoms with van der Waals surface area (Å²) in [5, 5.41) is 0. The summed E-state index contributed by atoms with van der Waals surface area (Å²) in [5.74, 6) is 0.831. The van der Waals surface area contributed by atoms with Gasteiger partial charge < -0.3 is 14.4 Å². The minimum atomic E-state index is -3.64. The number of aromatic nitrogens is 2. The van der Waals surface area contributed by atoms with Gasteiger partial charge in [-0.3, -0.25) is 4.79 Å².